The van der Waals surface area contributed by atoms with E-state index in [4.69, 9.17) is 9.47 Å². The van der Waals surface area contributed by atoms with E-state index in [-0.39, 0.29) is 11.4 Å². The number of nitro groups is 2. The molecule has 0 saturated carbocycles. The molecular formula is C23H20N4O7. The molecule has 11 heteroatoms. The van der Waals surface area contributed by atoms with E-state index in [1.54, 1.807) is 37.3 Å². The Hall–Kier alpha value is -4.80. The molecule has 174 valence electrons. The van der Waals surface area contributed by atoms with Gasteiger partial charge in [-0.15, -0.1) is 0 Å². The second kappa shape index (κ2) is 10.7. The minimum absolute atomic E-state index is 0.0134. The molecule has 0 aliphatic carbocycles. The van der Waals surface area contributed by atoms with Crippen molar-refractivity contribution in [2.24, 2.45) is 5.10 Å². The van der Waals surface area contributed by atoms with Crippen molar-refractivity contribution >= 4 is 29.2 Å². The number of benzene rings is 3. The fourth-order valence-electron chi connectivity index (χ4n) is 2.86. The Morgan fingerprint density at radius 2 is 1.74 bits per heavy atom. The van der Waals surface area contributed by atoms with Gasteiger partial charge in [-0.05, 0) is 55.8 Å². The van der Waals surface area contributed by atoms with Crippen molar-refractivity contribution in [1.82, 2.24) is 0 Å². The number of aryl methyl sites for hydroxylation is 1. The van der Waals surface area contributed by atoms with E-state index in [0.29, 0.717) is 23.5 Å². The van der Waals surface area contributed by atoms with Gasteiger partial charge in [0.25, 0.3) is 5.69 Å². The van der Waals surface area contributed by atoms with E-state index in [1.165, 1.54) is 12.3 Å². The van der Waals surface area contributed by atoms with Gasteiger partial charge in [-0.2, -0.15) is 5.10 Å². The highest BCUT2D eigenvalue weighted by molar-refractivity contribution is 5.91. The molecule has 1 N–H and O–H groups in total. The summed E-state index contributed by atoms with van der Waals surface area (Å²) in [7, 11) is 0. The number of nitrogens with one attached hydrogen (secondary N) is 1. The van der Waals surface area contributed by atoms with Crippen molar-refractivity contribution in [3.8, 4) is 11.5 Å². The number of ether oxygens (including phenoxy) is 2. The smallest absolute Gasteiger partial charge is 0.343 e. The van der Waals surface area contributed by atoms with Gasteiger partial charge in [0.15, 0.2) is 11.5 Å². The summed E-state index contributed by atoms with van der Waals surface area (Å²) in [6.07, 6.45) is 1.37. The molecule has 0 saturated heterocycles. The van der Waals surface area contributed by atoms with E-state index in [0.717, 1.165) is 17.7 Å². The quantitative estimate of drug-likeness (QED) is 0.155. The Morgan fingerprint density at radius 3 is 2.38 bits per heavy atom. The first-order valence-electron chi connectivity index (χ1n) is 10.1. The zero-order chi connectivity index (χ0) is 24.7. The number of hydrazone groups is 1. The van der Waals surface area contributed by atoms with Crippen LogP contribution in [0.25, 0.3) is 0 Å². The maximum absolute atomic E-state index is 12.4. The van der Waals surface area contributed by atoms with Gasteiger partial charge in [-0.25, -0.2) is 4.79 Å². The lowest BCUT2D eigenvalue weighted by Crippen LogP contribution is -2.10. The summed E-state index contributed by atoms with van der Waals surface area (Å²) < 4.78 is 11.0. The molecule has 0 heterocycles. The minimum atomic E-state index is -0.741. The van der Waals surface area contributed by atoms with Crippen LogP contribution in [0, 0.1) is 27.2 Å². The van der Waals surface area contributed by atoms with E-state index in [1.807, 2.05) is 19.1 Å². The SMILES string of the molecule is CCOc1cc(/C=N\Nc2ccc([N+](=O)[O-])cc2[N+](=O)[O-])ccc1OC(=O)c1ccc(C)cc1. The first-order valence-corrected chi connectivity index (χ1v) is 10.1. The summed E-state index contributed by atoms with van der Waals surface area (Å²) >= 11 is 0. The molecule has 11 nitrogen and oxygen atoms in total. The molecule has 0 amide bonds. The average molecular weight is 464 g/mol. The molecule has 0 aliphatic heterocycles. The molecule has 3 aromatic rings. The van der Waals surface area contributed by atoms with Gasteiger partial charge in [0.2, 0.25) is 0 Å². The average Bonchev–Trinajstić information content (AvgIpc) is 2.81. The first kappa shape index (κ1) is 23.9. The van der Waals surface area contributed by atoms with Crippen LogP contribution >= 0.6 is 0 Å². The molecule has 0 unspecified atom stereocenters. The Kier molecular flexibility index (Phi) is 7.49. The summed E-state index contributed by atoms with van der Waals surface area (Å²) in [5, 5.41) is 26.0. The lowest BCUT2D eigenvalue weighted by atomic mass is 10.1. The predicted octanol–water partition coefficient (Wildman–Crippen LogP) is 4.88. The maximum Gasteiger partial charge on any atom is 0.343 e. The van der Waals surface area contributed by atoms with Gasteiger partial charge in [-0.3, -0.25) is 25.7 Å². The van der Waals surface area contributed by atoms with Crippen LogP contribution in [0.15, 0.2) is 65.8 Å². The third-order valence-electron chi connectivity index (χ3n) is 4.54. The normalized spacial score (nSPS) is 10.6. The van der Waals surface area contributed by atoms with Gasteiger partial charge in [0, 0.05) is 6.07 Å². The molecule has 0 fully saturated rings. The molecular weight excluding hydrogens is 444 g/mol. The van der Waals surface area contributed by atoms with E-state index in [9.17, 15) is 25.0 Å². The number of nitrogens with zero attached hydrogens (tertiary/aromatic N) is 3. The lowest BCUT2D eigenvalue weighted by Gasteiger charge is -2.11. The Bertz CT molecular complexity index is 1260. The third kappa shape index (κ3) is 5.91. The topological polar surface area (TPSA) is 146 Å². The van der Waals surface area contributed by atoms with Crippen LogP contribution < -0.4 is 14.9 Å². The molecule has 34 heavy (non-hydrogen) atoms. The number of hydrogen-bond donors (Lipinski definition) is 1. The Morgan fingerprint density at radius 1 is 1.00 bits per heavy atom. The fourth-order valence-corrected chi connectivity index (χ4v) is 2.86. The van der Waals surface area contributed by atoms with Crippen molar-refractivity contribution < 1.29 is 24.1 Å². The van der Waals surface area contributed by atoms with Crippen molar-refractivity contribution in [3.63, 3.8) is 0 Å². The fraction of sp³-hybridized carbons (Fsp3) is 0.130. The van der Waals surface area contributed by atoms with Gasteiger partial charge in [0.1, 0.15) is 5.69 Å². The number of nitro benzene ring substituents is 2. The van der Waals surface area contributed by atoms with Crippen molar-refractivity contribution in [1.29, 1.82) is 0 Å². The molecule has 0 radical (unpaired) electrons. The van der Waals surface area contributed by atoms with Crippen LogP contribution in [0.5, 0.6) is 11.5 Å². The number of carbonyl (C=O) groups is 1. The highest BCUT2D eigenvalue weighted by Gasteiger charge is 2.19. The van der Waals surface area contributed by atoms with E-state index < -0.39 is 27.2 Å². The van der Waals surface area contributed by atoms with Crippen LogP contribution in [0.4, 0.5) is 17.1 Å². The van der Waals surface area contributed by atoms with Crippen LogP contribution in [-0.4, -0.2) is 28.6 Å². The van der Waals surface area contributed by atoms with Crippen LogP contribution in [0.2, 0.25) is 0 Å². The second-order valence-corrected chi connectivity index (χ2v) is 6.98. The molecule has 3 rings (SSSR count). The summed E-state index contributed by atoms with van der Waals surface area (Å²) in [6, 6.07) is 14.9. The van der Waals surface area contributed by atoms with Crippen LogP contribution in [0.1, 0.15) is 28.4 Å². The number of esters is 1. The van der Waals surface area contributed by atoms with Gasteiger partial charge >= 0.3 is 11.7 Å². The first-order chi connectivity index (χ1) is 16.3. The summed E-state index contributed by atoms with van der Waals surface area (Å²) in [4.78, 5) is 33.1. The number of non-ortho nitro benzene ring substituents is 1. The zero-order valence-electron chi connectivity index (χ0n) is 18.3. The minimum Gasteiger partial charge on any atom is -0.490 e. The van der Waals surface area contributed by atoms with Gasteiger partial charge in [0.05, 0.1) is 34.3 Å². The van der Waals surface area contributed by atoms with Crippen molar-refractivity contribution in [2.75, 3.05) is 12.0 Å². The lowest BCUT2D eigenvalue weighted by molar-refractivity contribution is -0.393. The summed E-state index contributed by atoms with van der Waals surface area (Å²) in [5.74, 6) is 0.00582. The van der Waals surface area contributed by atoms with Crippen molar-refractivity contribution in [2.45, 2.75) is 13.8 Å². The zero-order valence-corrected chi connectivity index (χ0v) is 18.3. The number of rotatable bonds is 9. The molecule has 0 atom stereocenters. The Labute approximate surface area is 193 Å². The van der Waals surface area contributed by atoms with Gasteiger partial charge < -0.3 is 9.47 Å². The van der Waals surface area contributed by atoms with Crippen LogP contribution in [0.3, 0.4) is 0 Å². The third-order valence-corrected chi connectivity index (χ3v) is 4.54. The monoisotopic (exact) mass is 464 g/mol. The Balaban J connectivity index is 1.77. The maximum atomic E-state index is 12.4. The van der Waals surface area contributed by atoms with Crippen molar-refractivity contribution in [3.05, 3.63) is 97.6 Å². The highest BCUT2D eigenvalue weighted by Crippen LogP contribution is 2.30. The largest absolute Gasteiger partial charge is 0.490 e. The molecule has 0 bridgehead atoms. The number of anilines is 1. The van der Waals surface area contributed by atoms with Gasteiger partial charge in [-0.1, -0.05) is 17.7 Å². The molecule has 3 aromatic carbocycles. The number of hydrogen-bond acceptors (Lipinski definition) is 9. The summed E-state index contributed by atoms with van der Waals surface area (Å²) in [5.41, 5.74) is 3.57. The summed E-state index contributed by atoms with van der Waals surface area (Å²) in [6.45, 7) is 4.02. The standard InChI is InChI=1S/C23H20N4O7/c1-3-33-22-12-16(6-11-21(22)34-23(28)17-7-4-15(2)5-8-17)14-24-25-19-10-9-18(26(29)30)13-20(19)27(31)32/h4-14,25H,3H2,1-2H3/b24-14-. The number of carbonyl (C=O) groups excluding carboxylic acids is 1. The van der Waals surface area contributed by atoms with E-state index >= 15 is 0 Å². The highest BCUT2D eigenvalue weighted by atomic mass is 16.6. The molecule has 0 spiro atoms. The molecule has 0 aromatic heterocycles. The molecule has 0 aliphatic rings. The van der Waals surface area contributed by atoms with Crippen LogP contribution in [-0.2, 0) is 0 Å². The van der Waals surface area contributed by atoms with E-state index in [2.05, 4.69) is 10.5 Å². The second-order valence-electron chi connectivity index (χ2n) is 6.98. The predicted molar refractivity (Wildman–Crippen MR) is 125 cm³/mol.